The first-order valence-electron chi connectivity index (χ1n) is 5.08. The number of nitrogens with one attached hydrogen (secondary N) is 2. The van der Waals surface area contributed by atoms with Gasteiger partial charge in [-0.3, -0.25) is 0 Å². The average Bonchev–Trinajstić information content (AvgIpc) is 2.18. The molecule has 15 heavy (non-hydrogen) atoms. The molecule has 1 rings (SSSR count). The van der Waals surface area contributed by atoms with Crippen LogP contribution in [0.1, 0.15) is 12.7 Å². The lowest BCUT2D eigenvalue weighted by atomic mass is 10.4. The standard InChI is InChI=1S/C10H18N4O/c1-4-11-9-7-10(12-5-6-15-3)14-8(2)13-9/h7H,4-6H2,1-3H3,(H2,11,12,13,14). The van der Waals surface area contributed by atoms with Gasteiger partial charge in [0.1, 0.15) is 17.5 Å². The molecule has 1 heterocycles. The lowest BCUT2D eigenvalue weighted by Gasteiger charge is -2.08. The summed E-state index contributed by atoms with van der Waals surface area (Å²) >= 11 is 0. The van der Waals surface area contributed by atoms with Gasteiger partial charge in [-0.2, -0.15) is 0 Å². The molecule has 0 aliphatic rings. The van der Waals surface area contributed by atoms with Crippen LogP contribution in [0.4, 0.5) is 11.6 Å². The van der Waals surface area contributed by atoms with E-state index in [4.69, 9.17) is 4.74 Å². The fourth-order valence-electron chi connectivity index (χ4n) is 1.21. The predicted molar refractivity (Wildman–Crippen MR) is 61.3 cm³/mol. The summed E-state index contributed by atoms with van der Waals surface area (Å²) in [6.45, 7) is 6.18. The molecule has 0 radical (unpaired) electrons. The molecule has 0 fully saturated rings. The van der Waals surface area contributed by atoms with Gasteiger partial charge in [0.15, 0.2) is 0 Å². The highest BCUT2D eigenvalue weighted by Crippen LogP contribution is 2.10. The van der Waals surface area contributed by atoms with Gasteiger partial charge in [-0.05, 0) is 13.8 Å². The molecule has 5 nitrogen and oxygen atoms in total. The van der Waals surface area contributed by atoms with Gasteiger partial charge in [-0.25, -0.2) is 9.97 Å². The Morgan fingerprint density at radius 3 is 2.53 bits per heavy atom. The molecule has 1 aromatic heterocycles. The van der Waals surface area contributed by atoms with Crippen LogP contribution >= 0.6 is 0 Å². The third-order valence-corrected chi connectivity index (χ3v) is 1.81. The van der Waals surface area contributed by atoms with Crippen LogP contribution in [0.2, 0.25) is 0 Å². The van der Waals surface area contributed by atoms with E-state index < -0.39 is 0 Å². The van der Waals surface area contributed by atoms with Crippen LogP contribution < -0.4 is 10.6 Å². The van der Waals surface area contributed by atoms with Gasteiger partial charge in [-0.1, -0.05) is 0 Å². The number of methoxy groups -OCH3 is 1. The zero-order chi connectivity index (χ0) is 11.1. The Hall–Kier alpha value is -1.36. The smallest absolute Gasteiger partial charge is 0.131 e. The second-order valence-electron chi connectivity index (χ2n) is 3.14. The highest BCUT2D eigenvalue weighted by molar-refractivity contribution is 5.47. The molecular formula is C10H18N4O. The van der Waals surface area contributed by atoms with E-state index in [1.165, 1.54) is 0 Å². The van der Waals surface area contributed by atoms with Gasteiger partial charge in [0.25, 0.3) is 0 Å². The second kappa shape index (κ2) is 6.19. The SMILES string of the molecule is CCNc1cc(NCCOC)nc(C)n1. The monoisotopic (exact) mass is 210 g/mol. The van der Waals surface area contributed by atoms with E-state index in [0.717, 1.165) is 30.5 Å². The van der Waals surface area contributed by atoms with Crippen molar-refractivity contribution >= 4 is 11.6 Å². The molecule has 0 unspecified atom stereocenters. The first-order valence-corrected chi connectivity index (χ1v) is 5.08. The van der Waals surface area contributed by atoms with Crippen molar-refractivity contribution in [2.24, 2.45) is 0 Å². The normalized spacial score (nSPS) is 10.1. The maximum absolute atomic E-state index is 4.95. The van der Waals surface area contributed by atoms with Crippen molar-refractivity contribution in [1.82, 2.24) is 9.97 Å². The Balaban J connectivity index is 2.62. The number of aromatic nitrogens is 2. The Bertz CT molecular complexity index is 303. The zero-order valence-electron chi connectivity index (χ0n) is 9.50. The van der Waals surface area contributed by atoms with Gasteiger partial charge >= 0.3 is 0 Å². The molecule has 0 amide bonds. The number of ether oxygens (including phenoxy) is 1. The molecule has 0 saturated heterocycles. The van der Waals surface area contributed by atoms with Crippen LogP contribution in [0, 0.1) is 6.92 Å². The largest absolute Gasteiger partial charge is 0.383 e. The van der Waals surface area contributed by atoms with E-state index in [1.54, 1.807) is 7.11 Å². The number of hydrogen-bond acceptors (Lipinski definition) is 5. The first kappa shape index (κ1) is 11.7. The van der Waals surface area contributed by atoms with Gasteiger partial charge in [0.05, 0.1) is 6.61 Å². The average molecular weight is 210 g/mol. The van der Waals surface area contributed by atoms with Crippen LogP contribution in [0.5, 0.6) is 0 Å². The highest BCUT2D eigenvalue weighted by Gasteiger charge is 1.99. The minimum Gasteiger partial charge on any atom is -0.383 e. The van der Waals surface area contributed by atoms with Crippen LogP contribution in [-0.2, 0) is 4.74 Å². The molecule has 2 N–H and O–H groups in total. The lowest BCUT2D eigenvalue weighted by molar-refractivity contribution is 0.210. The molecule has 0 bridgehead atoms. The molecule has 84 valence electrons. The maximum atomic E-state index is 4.95. The molecular weight excluding hydrogens is 192 g/mol. The third-order valence-electron chi connectivity index (χ3n) is 1.81. The number of aryl methyl sites for hydroxylation is 1. The number of anilines is 2. The number of hydrogen-bond donors (Lipinski definition) is 2. The highest BCUT2D eigenvalue weighted by atomic mass is 16.5. The number of rotatable bonds is 6. The van der Waals surface area contributed by atoms with E-state index in [1.807, 2.05) is 19.9 Å². The minimum atomic E-state index is 0.666. The molecule has 0 atom stereocenters. The lowest BCUT2D eigenvalue weighted by Crippen LogP contribution is -2.10. The Morgan fingerprint density at radius 1 is 1.27 bits per heavy atom. The topological polar surface area (TPSA) is 59.1 Å². The molecule has 0 aromatic carbocycles. The van der Waals surface area contributed by atoms with Crippen molar-refractivity contribution in [3.05, 3.63) is 11.9 Å². The summed E-state index contributed by atoms with van der Waals surface area (Å²) in [5, 5.41) is 6.33. The Labute approximate surface area is 90.3 Å². The predicted octanol–water partition coefficient (Wildman–Crippen LogP) is 1.28. The fourth-order valence-corrected chi connectivity index (χ4v) is 1.21. The molecule has 1 aromatic rings. The third kappa shape index (κ3) is 4.12. The van der Waals surface area contributed by atoms with E-state index in [9.17, 15) is 0 Å². The van der Waals surface area contributed by atoms with Gasteiger partial charge < -0.3 is 15.4 Å². The molecule has 0 spiro atoms. The minimum absolute atomic E-state index is 0.666. The van der Waals surface area contributed by atoms with E-state index in [-0.39, 0.29) is 0 Å². The van der Waals surface area contributed by atoms with Gasteiger partial charge in [0.2, 0.25) is 0 Å². The molecule has 5 heteroatoms. The summed E-state index contributed by atoms with van der Waals surface area (Å²) in [6, 6.07) is 1.90. The summed E-state index contributed by atoms with van der Waals surface area (Å²) < 4.78 is 4.95. The van der Waals surface area contributed by atoms with E-state index >= 15 is 0 Å². The fraction of sp³-hybridized carbons (Fsp3) is 0.600. The van der Waals surface area contributed by atoms with Crippen molar-refractivity contribution in [3.63, 3.8) is 0 Å². The van der Waals surface area contributed by atoms with E-state index in [0.29, 0.717) is 6.61 Å². The number of nitrogens with zero attached hydrogens (tertiary/aromatic N) is 2. The Morgan fingerprint density at radius 2 is 1.93 bits per heavy atom. The van der Waals surface area contributed by atoms with Crippen molar-refractivity contribution in [1.29, 1.82) is 0 Å². The van der Waals surface area contributed by atoms with Crippen molar-refractivity contribution in [2.75, 3.05) is 37.4 Å². The summed E-state index contributed by atoms with van der Waals surface area (Å²) in [6.07, 6.45) is 0. The summed E-state index contributed by atoms with van der Waals surface area (Å²) in [4.78, 5) is 8.53. The van der Waals surface area contributed by atoms with Crippen molar-refractivity contribution < 1.29 is 4.74 Å². The summed E-state index contributed by atoms with van der Waals surface area (Å²) in [7, 11) is 1.68. The van der Waals surface area contributed by atoms with Crippen LogP contribution in [0.15, 0.2) is 6.07 Å². The summed E-state index contributed by atoms with van der Waals surface area (Å²) in [5.41, 5.74) is 0. The summed E-state index contributed by atoms with van der Waals surface area (Å²) in [5.74, 6) is 2.44. The van der Waals surface area contributed by atoms with E-state index in [2.05, 4.69) is 20.6 Å². The van der Waals surface area contributed by atoms with Crippen molar-refractivity contribution in [3.8, 4) is 0 Å². The van der Waals surface area contributed by atoms with Gasteiger partial charge in [-0.15, -0.1) is 0 Å². The van der Waals surface area contributed by atoms with Crippen molar-refractivity contribution in [2.45, 2.75) is 13.8 Å². The molecule has 0 aliphatic carbocycles. The Kier molecular flexibility index (Phi) is 4.83. The maximum Gasteiger partial charge on any atom is 0.131 e. The van der Waals surface area contributed by atoms with Crippen LogP contribution in [0.3, 0.4) is 0 Å². The molecule has 0 saturated carbocycles. The molecule has 0 aliphatic heterocycles. The second-order valence-corrected chi connectivity index (χ2v) is 3.14. The first-order chi connectivity index (χ1) is 7.26. The quantitative estimate of drug-likeness (QED) is 0.692. The van der Waals surface area contributed by atoms with Crippen LogP contribution in [0.25, 0.3) is 0 Å². The van der Waals surface area contributed by atoms with Gasteiger partial charge in [0, 0.05) is 26.3 Å². The zero-order valence-corrected chi connectivity index (χ0v) is 9.50. The van der Waals surface area contributed by atoms with Crippen LogP contribution in [-0.4, -0.2) is 36.8 Å².